The van der Waals surface area contributed by atoms with Crippen LogP contribution in [0.3, 0.4) is 0 Å². The number of hydrogen-bond acceptors (Lipinski definition) is 1. The zero-order chi connectivity index (χ0) is 14.4. The molecule has 1 N–H and O–H groups in total. The Labute approximate surface area is 135 Å². The van der Waals surface area contributed by atoms with E-state index in [2.05, 4.69) is 90.3 Å². The normalized spacial score (nSPS) is 12.3. The molecule has 0 aliphatic rings. The minimum absolute atomic E-state index is 0.398. The van der Waals surface area contributed by atoms with Crippen LogP contribution in [0.15, 0.2) is 48.5 Å². The molecule has 0 aliphatic heterocycles. The summed E-state index contributed by atoms with van der Waals surface area (Å²) in [6.07, 6.45) is 2.20. The molecule has 0 saturated carbocycles. The molecule has 0 amide bonds. The highest BCUT2D eigenvalue weighted by molar-refractivity contribution is 14.1. The highest BCUT2D eigenvalue weighted by Crippen LogP contribution is 2.20. The lowest BCUT2D eigenvalue weighted by Gasteiger charge is -2.20. The lowest BCUT2D eigenvalue weighted by molar-refractivity contribution is 0.529. The molecule has 2 aromatic rings. The number of aryl methyl sites for hydroxylation is 1. The van der Waals surface area contributed by atoms with E-state index >= 15 is 0 Å². The van der Waals surface area contributed by atoms with Crippen LogP contribution in [0.25, 0.3) is 0 Å². The highest BCUT2D eigenvalue weighted by atomic mass is 127. The van der Waals surface area contributed by atoms with Crippen molar-refractivity contribution < 1.29 is 0 Å². The molecular formula is C18H22IN. The highest BCUT2D eigenvalue weighted by Gasteiger charge is 2.11. The van der Waals surface area contributed by atoms with Crippen molar-refractivity contribution in [1.82, 2.24) is 5.32 Å². The predicted molar refractivity (Wildman–Crippen MR) is 95.1 cm³/mol. The largest absolute Gasteiger partial charge is 0.310 e. The molecule has 0 saturated heterocycles. The van der Waals surface area contributed by atoms with Crippen molar-refractivity contribution in [3.8, 4) is 0 Å². The van der Waals surface area contributed by atoms with Crippen molar-refractivity contribution in [3.63, 3.8) is 0 Å². The molecule has 0 spiro atoms. The van der Waals surface area contributed by atoms with Gasteiger partial charge in [0.05, 0.1) is 0 Å². The first-order chi connectivity index (χ1) is 9.69. The quantitative estimate of drug-likeness (QED) is 0.706. The molecule has 0 fully saturated rings. The van der Waals surface area contributed by atoms with Gasteiger partial charge in [0.1, 0.15) is 0 Å². The molecule has 106 valence electrons. The number of benzene rings is 2. The second-order valence-corrected chi connectivity index (χ2v) is 6.50. The van der Waals surface area contributed by atoms with Gasteiger partial charge in [-0.15, -0.1) is 0 Å². The Morgan fingerprint density at radius 2 is 1.85 bits per heavy atom. The molecule has 20 heavy (non-hydrogen) atoms. The van der Waals surface area contributed by atoms with Crippen LogP contribution in [0.2, 0.25) is 0 Å². The molecule has 0 aromatic heterocycles. The topological polar surface area (TPSA) is 12.0 Å². The van der Waals surface area contributed by atoms with E-state index in [-0.39, 0.29) is 0 Å². The maximum Gasteiger partial charge on any atom is 0.0360 e. The van der Waals surface area contributed by atoms with E-state index in [9.17, 15) is 0 Å². The molecule has 0 heterocycles. The minimum atomic E-state index is 0.398. The van der Waals surface area contributed by atoms with Crippen LogP contribution in [-0.4, -0.2) is 6.54 Å². The summed E-state index contributed by atoms with van der Waals surface area (Å²) in [5, 5.41) is 3.67. The molecule has 2 heteroatoms. The molecule has 1 atom stereocenters. The van der Waals surface area contributed by atoms with Gasteiger partial charge >= 0.3 is 0 Å². The van der Waals surface area contributed by atoms with E-state index in [1.165, 1.54) is 20.3 Å². The summed E-state index contributed by atoms with van der Waals surface area (Å²) in [4.78, 5) is 0. The molecule has 2 rings (SSSR count). The van der Waals surface area contributed by atoms with Crippen molar-refractivity contribution in [3.05, 3.63) is 68.8 Å². The van der Waals surface area contributed by atoms with Crippen LogP contribution in [0.4, 0.5) is 0 Å². The summed E-state index contributed by atoms with van der Waals surface area (Å²) in [6.45, 7) is 5.43. The van der Waals surface area contributed by atoms with E-state index in [0.29, 0.717) is 6.04 Å². The first-order valence-corrected chi connectivity index (χ1v) is 8.31. The molecule has 0 aliphatic carbocycles. The van der Waals surface area contributed by atoms with Gasteiger partial charge in [-0.05, 0) is 72.2 Å². The second kappa shape index (κ2) is 7.79. The van der Waals surface area contributed by atoms with E-state index in [1.807, 2.05) is 0 Å². The first-order valence-electron chi connectivity index (χ1n) is 7.23. The Balaban J connectivity index is 2.16. The molecule has 1 unspecified atom stereocenters. The third kappa shape index (κ3) is 4.60. The summed E-state index contributed by atoms with van der Waals surface area (Å²) < 4.78 is 1.29. The maximum absolute atomic E-state index is 3.67. The Kier molecular flexibility index (Phi) is 6.05. The van der Waals surface area contributed by atoms with Gasteiger partial charge in [-0.25, -0.2) is 0 Å². The first kappa shape index (κ1) is 15.5. The average molecular weight is 379 g/mol. The summed E-state index contributed by atoms with van der Waals surface area (Å²) in [5.74, 6) is 0. The SMILES string of the molecule is CCCNC(Cc1ccc(I)cc1)c1cccc(C)c1. The van der Waals surface area contributed by atoms with E-state index in [0.717, 1.165) is 19.4 Å². The van der Waals surface area contributed by atoms with Crippen LogP contribution in [0.1, 0.15) is 36.1 Å². The monoisotopic (exact) mass is 379 g/mol. The van der Waals surface area contributed by atoms with Gasteiger partial charge in [0.2, 0.25) is 0 Å². The Morgan fingerprint density at radius 3 is 2.50 bits per heavy atom. The van der Waals surface area contributed by atoms with E-state index in [4.69, 9.17) is 0 Å². The van der Waals surface area contributed by atoms with Gasteiger partial charge in [0.15, 0.2) is 0 Å². The molecule has 1 nitrogen and oxygen atoms in total. The van der Waals surface area contributed by atoms with Gasteiger partial charge in [-0.3, -0.25) is 0 Å². The van der Waals surface area contributed by atoms with Gasteiger partial charge in [0, 0.05) is 9.61 Å². The van der Waals surface area contributed by atoms with Crippen LogP contribution in [-0.2, 0) is 6.42 Å². The average Bonchev–Trinajstić information content (AvgIpc) is 2.45. The van der Waals surface area contributed by atoms with Gasteiger partial charge in [-0.1, -0.05) is 48.9 Å². The second-order valence-electron chi connectivity index (χ2n) is 5.25. The Hall–Kier alpha value is -0.870. The van der Waals surface area contributed by atoms with Crippen molar-refractivity contribution in [2.24, 2.45) is 0 Å². The maximum atomic E-state index is 3.67. The van der Waals surface area contributed by atoms with Crippen LogP contribution in [0.5, 0.6) is 0 Å². The summed E-state index contributed by atoms with van der Waals surface area (Å²) in [6, 6.07) is 18.1. The fourth-order valence-corrected chi connectivity index (χ4v) is 2.73. The zero-order valence-electron chi connectivity index (χ0n) is 12.2. The van der Waals surface area contributed by atoms with Crippen LogP contribution >= 0.6 is 22.6 Å². The number of hydrogen-bond donors (Lipinski definition) is 1. The summed E-state index contributed by atoms with van der Waals surface area (Å²) in [7, 11) is 0. The van der Waals surface area contributed by atoms with Gasteiger partial charge < -0.3 is 5.32 Å². The molecule has 2 aromatic carbocycles. The fourth-order valence-electron chi connectivity index (χ4n) is 2.37. The van der Waals surface area contributed by atoms with Crippen molar-refractivity contribution in [2.75, 3.05) is 6.54 Å². The van der Waals surface area contributed by atoms with Crippen molar-refractivity contribution >= 4 is 22.6 Å². The number of nitrogens with one attached hydrogen (secondary N) is 1. The number of halogens is 1. The molecule has 0 bridgehead atoms. The van der Waals surface area contributed by atoms with Crippen molar-refractivity contribution in [2.45, 2.75) is 32.7 Å². The lowest BCUT2D eigenvalue weighted by atomic mass is 9.97. The van der Waals surface area contributed by atoms with Crippen molar-refractivity contribution in [1.29, 1.82) is 0 Å². The van der Waals surface area contributed by atoms with E-state index in [1.54, 1.807) is 0 Å². The lowest BCUT2D eigenvalue weighted by Crippen LogP contribution is -2.24. The summed E-state index contributed by atoms with van der Waals surface area (Å²) in [5.41, 5.74) is 4.10. The Morgan fingerprint density at radius 1 is 1.10 bits per heavy atom. The predicted octanol–water partition coefficient (Wildman–Crippen LogP) is 4.88. The zero-order valence-corrected chi connectivity index (χ0v) is 14.4. The third-order valence-electron chi connectivity index (χ3n) is 3.44. The Bertz CT molecular complexity index is 533. The minimum Gasteiger partial charge on any atom is -0.310 e. The standard InChI is InChI=1S/C18H22IN/c1-3-11-20-18(16-6-4-5-14(2)12-16)13-15-7-9-17(19)10-8-15/h4-10,12,18,20H,3,11,13H2,1-2H3. The van der Waals surface area contributed by atoms with E-state index < -0.39 is 0 Å². The third-order valence-corrected chi connectivity index (χ3v) is 4.16. The fraction of sp³-hybridized carbons (Fsp3) is 0.333. The van der Waals surface area contributed by atoms with Crippen LogP contribution < -0.4 is 5.32 Å². The van der Waals surface area contributed by atoms with Crippen LogP contribution in [0, 0.1) is 10.5 Å². The smallest absolute Gasteiger partial charge is 0.0360 e. The number of rotatable bonds is 6. The molecular weight excluding hydrogens is 357 g/mol. The molecule has 0 radical (unpaired) electrons. The van der Waals surface area contributed by atoms with Gasteiger partial charge in [0.25, 0.3) is 0 Å². The van der Waals surface area contributed by atoms with Gasteiger partial charge in [-0.2, -0.15) is 0 Å². The summed E-state index contributed by atoms with van der Waals surface area (Å²) >= 11 is 2.35.